The van der Waals surface area contributed by atoms with Gasteiger partial charge >= 0.3 is 0 Å². The van der Waals surface area contributed by atoms with Crippen LogP contribution < -0.4 is 5.32 Å². The van der Waals surface area contributed by atoms with Crippen LogP contribution in [0.1, 0.15) is 38.7 Å². The van der Waals surface area contributed by atoms with E-state index in [0.717, 1.165) is 6.42 Å². The number of nitriles is 1. The molecule has 17 heavy (non-hydrogen) atoms. The molecule has 0 radical (unpaired) electrons. The van der Waals surface area contributed by atoms with E-state index in [4.69, 9.17) is 5.26 Å². The fourth-order valence-corrected chi connectivity index (χ4v) is 2.53. The van der Waals surface area contributed by atoms with Crippen molar-refractivity contribution >= 4 is 5.69 Å². The summed E-state index contributed by atoms with van der Waals surface area (Å²) in [5.74, 6) is -0.359. The van der Waals surface area contributed by atoms with Crippen molar-refractivity contribution in [3.63, 3.8) is 0 Å². The van der Waals surface area contributed by atoms with Crippen molar-refractivity contribution in [2.75, 3.05) is 5.32 Å². The van der Waals surface area contributed by atoms with Crippen molar-refractivity contribution in [2.24, 2.45) is 5.41 Å². The summed E-state index contributed by atoms with van der Waals surface area (Å²) in [5.41, 5.74) is 1.31. The maximum atomic E-state index is 13.3. The maximum absolute atomic E-state index is 13.3. The van der Waals surface area contributed by atoms with Gasteiger partial charge in [-0.3, -0.25) is 0 Å². The molecule has 0 heterocycles. The molecule has 0 aromatic heterocycles. The number of benzene rings is 1. The van der Waals surface area contributed by atoms with Crippen LogP contribution in [0.15, 0.2) is 18.2 Å². The van der Waals surface area contributed by atoms with Crippen LogP contribution in [-0.2, 0) is 0 Å². The summed E-state index contributed by atoms with van der Waals surface area (Å²) in [6.45, 7) is 4.45. The van der Waals surface area contributed by atoms with Gasteiger partial charge in [-0.2, -0.15) is 5.26 Å². The van der Waals surface area contributed by atoms with Gasteiger partial charge in [0.05, 0.1) is 11.6 Å². The summed E-state index contributed by atoms with van der Waals surface area (Å²) >= 11 is 0. The summed E-state index contributed by atoms with van der Waals surface area (Å²) in [4.78, 5) is 0. The van der Waals surface area contributed by atoms with Crippen molar-refractivity contribution in [3.05, 3.63) is 29.6 Å². The molecule has 1 unspecified atom stereocenters. The molecule has 90 valence electrons. The lowest BCUT2D eigenvalue weighted by Crippen LogP contribution is -2.30. The first kappa shape index (κ1) is 11.9. The largest absolute Gasteiger partial charge is 0.382 e. The first-order valence-electron chi connectivity index (χ1n) is 5.98. The SMILES string of the molecule is CC1(C)CCCC1Nc1cc(F)cc(C#N)c1. The molecule has 0 bridgehead atoms. The van der Waals surface area contributed by atoms with E-state index in [0.29, 0.717) is 17.3 Å². The Morgan fingerprint density at radius 1 is 1.41 bits per heavy atom. The molecule has 1 aromatic rings. The predicted molar refractivity (Wildman–Crippen MR) is 66.2 cm³/mol. The van der Waals surface area contributed by atoms with Crippen LogP contribution in [-0.4, -0.2) is 6.04 Å². The fraction of sp³-hybridized carbons (Fsp3) is 0.500. The summed E-state index contributed by atoms with van der Waals surface area (Å²) in [5, 5.41) is 12.2. The predicted octanol–water partition coefficient (Wildman–Crippen LogP) is 3.69. The molecule has 1 aromatic carbocycles. The number of anilines is 1. The van der Waals surface area contributed by atoms with Gasteiger partial charge in [0.1, 0.15) is 5.82 Å². The van der Waals surface area contributed by atoms with E-state index >= 15 is 0 Å². The van der Waals surface area contributed by atoms with Gasteiger partial charge in [0.2, 0.25) is 0 Å². The highest BCUT2D eigenvalue weighted by Crippen LogP contribution is 2.39. The van der Waals surface area contributed by atoms with E-state index in [1.165, 1.54) is 25.0 Å². The summed E-state index contributed by atoms with van der Waals surface area (Å²) in [7, 11) is 0. The molecule has 1 atom stereocenters. The number of halogens is 1. The third-order valence-electron chi connectivity index (χ3n) is 3.63. The number of nitrogens with zero attached hydrogens (tertiary/aromatic N) is 1. The Bertz CT molecular complexity index is 460. The van der Waals surface area contributed by atoms with Gasteiger partial charge in [-0.15, -0.1) is 0 Å². The Morgan fingerprint density at radius 2 is 2.18 bits per heavy atom. The quantitative estimate of drug-likeness (QED) is 0.844. The van der Waals surface area contributed by atoms with Crippen LogP contribution in [0.2, 0.25) is 0 Å². The molecule has 1 N–H and O–H groups in total. The van der Waals surface area contributed by atoms with E-state index in [-0.39, 0.29) is 11.2 Å². The molecule has 2 rings (SSSR count). The van der Waals surface area contributed by atoms with Crippen molar-refractivity contribution in [1.29, 1.82) is 5.26 Å². The minimum absolute atomic E-state index is 0.235. The minimum Gasteiger partial charge on any atom is -0.382 e. The lowest BCUT2D eigenvalue weighted by Gasteiger charge is -2.28. The Kier molecular flexibility index (Phi) is 3.06. The smallest absolute Gasteiger partial charge is 0.126 e. The van der Waals surface area contributed by atoms with E-state index in [1.54, 1.807) is 6.07 Å². The third-order valence-corrected chi connectivity index (χ3v) is 3.63. The monoisotopic (exact) mass is 232 g/mol. The topological polar surface area (TPSA) is 35.8 Å². The minimum atomic E-state index is -0.359. The second kappa shape index (κ2) is 4.37. The van der Waals surface area contributed by atoms with Gasteiger partial charge in [-0.1, -0.05) is 20.3 Å². The van der Waals surface area contributed by atoms with Gasteiger partial charge in [0.25, 0.3) is 0 Å². The highest BCUT2D eigenvalue weighted by Gasteiger charge is 2.34. The Morgan fingerprint density at radius 3 is 2.76 bits per heavy atom. The molecule has 0 aliphatic heterocycles. The summed E-state index contributed by atoms with van der Waals surface area (Å²) in [6.07, 6.45) is 3.49. The molecule has 1 fully saturated rings. The van der Waals surface area contributed by atoms with Crippen LogP contribution in [0.3, 0.4) is 0 Å². The lowest BCUT2D eigenvalue weighted by molar-refractivity contribution is 0.350. The van der Waals surface area contributed by atoms with E-state index in [1.807, 2.05) is 6.07 Å². The second-order valence-corrected chi connectivity index (χ2v) is 5.42. The zero-order valence-electron chi connectivity index (χ0n) is 10.3. The Labute approximate surface area is 101 Å². The average molecular weight is 232 g/mol. The number of rotatable bonds is 2. The van der Waals surface area contributed by atoms with Crippen molar-refractivity contribution in [2.45, 2.75) is 39.2 Å². The van der Waals surface area contributed by atoms with Crippen molar-refractivity contribution < 1.29 is 4.39 Å². The van der Waals surface area contributed by atoms with Crippen LogP contribution in [0.5, 0.6) is 0 Å². The number of hydrogen-bond donors (Lipinski definition) is 1. The Hall–Kier alpha value is -1.56. The maximum Gasteiger partial charge on any atom is 0.126 e. The molecule has 3 heteroatoms. The normalized spacial score (nSPS) is 22.1. The highest BCUT2D eigenvalue weighted by atomic mass is 19.1. The number of hydrogen-bond acceptors (Lipinski definition) is 2. The molecule has 2 nitrogen and oxygen atoms in total. The Balaban J connectivity index is 2.19. The number of nitrogens with one attached hydrogen (secondary N) is 1. The van der Waals surface area contributed by atoms with Crippen LogP contribution in [0, 0.1) is 22.6 Å². The lowest BCUT2D eigenvalue weighted by atomic mass is 9.87. The zero-order chi connectivity index (χ0) is 12.5. The molecule has 1 aliphatic carbocycles. The van der Waals surface area contributed by atoms with Gasteiger partial charge in [-0.25, -0.2) is 4.39 Å². The molecular weight excluding hydrogens is 215 g/mol. The highest BCUT2D eigenvalue weighted by molar-refractivity contribution is 5.50. The van der Waals surface area contributed by atoms with Crippen LogP contribution in [0.4, 0.5) is 10.1 Å². The van der Waals surface area contributed by atoms with Crippen LogP contribution in [0.25, 0.3) is 0 Å². The molecule has 0 spiro atoms. The molecule has 0 amide bonds. The molecular formula is C14H17FN2. The van der Waals surface area contributed by atoms with E-state index < -0.39 is 0 Å². The standard InChI is InChI=1S/C14H17FN2/c1-14(2)5-3-4-13(14)17-12-7-10(9-16)6-11(15)8-12/h6-8,13,17H,3-5H2,1-2H3. The van der Waals surface area contributed by atoms with Gasteiger partial charge in [0, 0.05) is 11.7 Å². The van der Waals surface area contributed by atoms with Crippen molar-refractivity contribution in [1.82, 2.24) is 0 Å². The fourth-order valence-electron chi connectivity index (χ4n) is 2.53. The molecule has 1 aliphatic rings. The van der Waals surface area contributed by atoms with Gasteiger partial charge in [0.15, 0.2) is 0 Å². The second-order valence-electron chi connectivity index (χ2n) is 5.42. The van der Waals surface area contributed by atoms with Gasteiger partial charge < -0.3 is 5.32 Å². The summed E-state index contributed by atoms with van der Waals surface area (Å²) < 4.78 is 13.3. The molecule has 0 saturated heterocycles. The first-order chi connectivity index (χ1) is 8.01. The first-order valence-corrected chi connectivity index (χ1v) is 5.98. The third kappa shape index (κ3) is 2.58. The average Bonchev–Trinajstić information content (AvgIpc) is 2.57. The summed E-state index contributed by atoms with van der Waals surface area (Å²) in [6, 6.07) is 6.75. The van der Waals surface area contributed by atoms with E-state index in [9.17, 15) is 4.39 Å². The van der Waals surface area contributed by atoms with Gasteiger partial charge in [-0.05, 0) is 36.5 Å². The van der Waals surface area contributed by atoms with E-state index in [2.05, 4.69) is 19.2 Å². The molecule has 1 saturated carbocycles. The van der Waals surface area contributed by atoms with Crippen LogP contribution >= 0.6 is 0 Å². The zero-order valence-corrected chi connectivity index (χ0v) is 10.3. The van der Waals surface area contributed by atoms with Crippen molar-refractivity contribution in [3.8, 4) is 6.07 Å².